The number of amides is 1. The zero-order chi connectivity index (χ0) is 20.2. The standard InChI is InChI=1S/C24H28FN3O/c1-2-28-14-6-9-19(28)16-26-23(29)13-11-20-21-15-18(25)10-12-22(21)27-24(20)17-7-4-3-5-8-17/h3-5,7-8,10,12,15,19,27H,2,6,9,11,13-14,16H2,1H3,(H,26,29). The lowest BCUT2D eigenvalue weighted by Crippen LogP contribution is -2.40. The van der Waals surface area contributed by atoms with Crippen LogP contribution in [0, 0.1) is 5.82 Å². The summed E-state index contributed by atoms with van der Waals surface area (Å²) in [6, 6.07) is 15.2. The Morgan fingerprint density at radius 1 is 1.24 bits per heavy atom. The summed E-state index contributed by atoms with van der Waals surface area (Å²) >= 11 is 0. The second-order valence-corrected chi connectivity index (χ2v) is 7.76. The van der Waals surface area contributed by atoms with E-state index in [0.29, 0.717) is 25.4 Å². The Bertz CT molecular complexity index is 982. The summed E-state index contributed by atoms with van der Waals surface area (Å²) < 4.78 is 13.9. The van der Waals surface area contributed by atoms with Crippen LogP contribution in [-0.4, -0.2) is 41.5 Å². The molecular weight excluding hydrogens is 365 g/mol. The minimum atomic E-state index is -0.261. The Kier molecular flexibility index (Phi) is 5.95. The minimum absolute atomic E-state index is 0.0534. The molecule has 1 atom stereocenters. The van der Waals surface area contributed by atoms with Crippen LogP contribution in [0.2, 0.25) is 0 Å². The number of likely N-dealkylation sites (tertiary alicyclic amines) is 1. The van der Waals surface area contributed by atoms with Crippen molar-refractivity contribution < 1.29 is 9.18 Å². The van der Waals surface area contributed by atoms with Gasteiger partial charge in [-0.2, -0.15) is 0 Å². The molecule has 0 bridgehead atoms. The fourth-order valence-electron chi connectivity index (χ4n) is 4.43. The highest BCUT2D eigenvalue weighted by Gasteiger charge is 2.23. The van der Waals surface area contributed by atoms with E-state index in [0.717, 1.165) is 47.2 Å². The van der Waals surface area contributed by atoms with Gasteiger partial charge in [0.1, 0.15) is 5.82 Å². The van der Waals surface area contributed by atoms with Crippen LogP contribution in [0.3, 0.4) is 0 Å². The lowest BCUT2D eigenvalue weighted by Gasteiger charge is -2.22. The van der Waals surface area contributed by atoms with Crippen LogP contribution in [0.15, 0.2) is 48.5 Å². The highest BCUT2D eigenvalue weighted by atomic mass is 19.1. The average Bonchev–Trinajstić information content (AvgIpc) is 3.35. The molecule has 0 radical (unpaired) electrons. The van der Waals surface area contributed by atoms with Crippen molar-refractivity contribution in [2.24, 2.45) is 0 Å². The zero-order valence-corrected chi connectivity index (χ0v) is 16.9. The second-order valence-electron chi connectivity index (χ2n) is 7.76. The highest BCUT2D eigenvalue weighted by molar-refractivity contribution is 5.91. The average molecular weight is 394 g/mol. The number of benzene rings is 2. The van der Waals surface area contributed by atoms with E-state index in [1.165, 1.54) is 12.5 Å². The number of fused-ring (bicyclic) bond motifs is 1. The maximum Gasteiger partial charge on any atom is 0.220 e. The van der Waals surface area contributed by atoms with Gasteiger partial charge >= 0.3 is 0 Å². The molecule has 4 rings (SSSR count). The Labute approximate surface area is 171 Å². The zero-order valence-electron chi connectivity index (χ0n) is 16.9. The molecule has 1 aliphatic rings. The van der Waals surface area contributed by atoms with Gasteiger partial charge in [-0.05, 0) is 61.7 Å². The topological polar surface area (TPSA) is 48.1 Å². The smallest absolute Gasteiger partial charge is 0.220 e. The Morgan fingerprint density at radius 3 is 2.86 bits per heavy atom. The molecule has 1 aromatic heterocycles. The molecule has 1 fully saturated rings. The van der Waals surface area contributed by atoms with Crippen molar-refractivity contribution in [1.29, 1.82) is 0 Å². The molecule has 3 aromatic rings. The molecule has 152 valence electrons. The monoisotopic (exact) mass is 393 g/mol. The third-order valence-corrected chi connectivity index (χ3v) is 5.97. The first-order valence-electron chi connectivity index (χ1n) is 10.5. The number of aromatic nitrogens is 1. The van der Waals surface area contributed by atoms with Crippen LogP contribution >= 0.6 is 0 Å². The normalized spacial score (nSPS) is 17.1. The van der Waals surface area contributed by atoms with E-state index in [2.05, 4.69) is 22.1 Å². The maximum absolute atomic E-state index is 13.9. The summed E-state index contributed by atoms with van der Waals surface area (Å²) in [5.74, 6) is -0.208. The van der Waals surface area contributed by atoms with Crippen molar-refractivity contribution in [1.82, 2.24) is 15.2 Å². The summed E-state index contributed by atoms with van der Waals surface area (Å²) in [7, 11) is 0. The predicted molar refractivity (Wildman–Crippen MR) is 115 cm³/mol. The summed E-state index contributed by atoms with van der Waals surface area (Å²) in [6.45, 7) is 5.03. The summed E-state index contributed by atoms with van der Waals surface area (Å²) in [5.41, 5.74) is 3.90. The van der Waals surface area contributed by atoms with Gasteiger partial charge in [0, 0.05) is 35.6 Å². The number of aryl methyl sites for hydroxylation is 1. The lowest BCUT2D eigenvalue weighted by molar-refractivity contribution is -0.121. The number of nitrogens with zero attached hydrogens (tertiary/aromatic N) is 1. The van der Waals surface area contributed by atoms with Gasteiger partial charge in [0.2, 0.25) is 5.91 Å². The summed E-state index contributed by atoms with van der Waals surface area (Å²) in [4.78, 5) is 18.4. The number of nitrogens with one attached hydrogen (secondary N) is 2. The number of likely N-dealkylation sites (N-methyl/N-ethyl adjacent to an activating group) is 1. The maximum atomic E-state index is 13.9. The van der Waals surface area contributed by atoms with Crippen LogP contribution in [0.5, 0.6) is 0 Å². The van der Waals surface area contributed by atoms with E-state index in [4.69, 9.17) is 0 Å². The van der Waals surface area contributed by atoms with Crippen molar-refractivity contribution in [2.45, 2.75) is 38.6 Å². The Hall–Kier alpha value is -2.66. The third-order valence-electron chi connectivity index (χ3n) is 5.97. The largest absolute Gasteiger partial charge is 0.355 e. The molecule has 1 saturated heterocycles. The molecule has 1 unspecified atom stereocenters. The van der Waals surface area contributed by atoms with Gasteiger partial charge in [0.25, 0.3) is 0 Å². The molecule has 0 spiro atoms. The van der Waals surface area contributed by atoms with Gasteiger partial charge in [-0.15, -0.1) is 0 Å². The van der Waals surface area contributed by atoms with Gasteiger partial charge in [-0.3, -0.25) is 9.69 Å². The quantitative estimate of drug-likeness (QED) is 0.621. The number of H-pyrrole nitrogens is 1. The van der Waals surface area contributed by atoms with Crippen LogP contribution in [0.4, 0.5) is 4.39 Å². The fraction of sp³-hybridized carbons (Fsp3) is 0.375. The molecule has 2 aromatic carbocycles. The van der Waals surface area contributed by atoms with E-state index < -0.39 is 0 Å². The number of aromatic amines is 1. The van der Waals surface area contributed by atoms with E-state index in [9.17, 15) is 9.18 Å². The van der Waals surface area contributed by atoms with Crippen molar-refractivity contribution in [2.75, 3.05) is 19.6 Å². The molecule has 4 nitrogen and oxygen atoms in total. The number of hydrogen-bond acceptors (Lipinski definition) is 2. The van der Waals surface area contributed by atoms with Gasteiger partial charge in [-0.1, -0.05) is 37.3 Å². The van der Waals surface area contributed by atoms with Crippen LogP contribution < -0.4 is 5.32 Å². The first kappa shape index (κ1) is 19.6. The second kappa shape index (κ2) is 8.78. The van der Waals surface area contributed by atoms with Crippen LogP contribution in [-0.2, 0) is 11.2 Å². The van der Waals surface area contributed by atoms with E-state index in [1.54, 1.807) is 12.1 Å². The molecule has 29 heavy (non-hydrogen) atoms. The fourth-order valence-corrected chi connectivity index (χ4v) is 4.43. The molecule has 0 aliphatic carbocycles. The SMILES string of the molecule is CCN1CCCC1CNC(=O)CCc1c(-c2ccccc2)[nH]c2ccc(F)cc12. The van der Waals surface area contributed by atoms with Gasteiger partial charge < -0.3 is 10.3 Å². The van der Waals surface area contributed by atoms with Gasteiger partial charge in [0.05, 0.1) is 0 Å². The first-order valence-corrected chi connectivity index (χ1v) is 10.5. The number of carbonyl (C=O) groups is 1. The summed E-state index contributed by atoms with van der Waals surface area (Å²) in [6.07, 6.45) is 3.31. The van der Waals surface area contributed by atoms with E-state index in [1.807, 2.05) is 30.3 Å². The number of carbonyl (C=O) groups excluding carboxylic acids is 1. The molecule has 2 heterocycles. The van der Waals surface area contributed by atoms with Crippen LogP contribution in [0.25, 0.3) is 22.2 Å². The highest BCUT2D eigenvalue weighted by Crippen LogP contribution is 2.31. The van der Waals surface area contributed by atoms with Gasteiger partial charge in [0.15, 0.2) is 0 Å². The molecule has 2 N–H and O–H groups in total. The van der Waals surface area contributed by atoms with Crippen LogP contribution in [0.1, 0.15) is 31.7 Å². The van der Waals surface area contributed by atoms with Crippen molar-refractivity contribution in [3.05, 3.63) is 59.9 Å². The van der Waals surface area contributed by atoms with E-state index in [-0.39, 0.29) is 11.7 Å². The van der Waals surface area contributed by atoms with Crippen molar-refractivity contribution in [3.63, 3.8) is 0 Å². The third kappa shape index (κ3) is 4.35. The first-order chi connectivity index (χ1) is 14.2. The number of rotatable bonds is 7. The van der Waals surface area contributed by atoms with Gasteiger partial charge in [-0.25, -0.2) is 4.39 Å². The molecule has 1 aliphatic heterocycles. The number of halogens is 1. The molecule has 1 amide bonds. The lowest BCUT2D eigenvalue weighted by atomic mass is 10.0. The molecular formula is C24H28FN3O. The molecule has 5 heteroatoms. The summed E-state index contributed by atoms with van der Waals surface area (Å²) in [5, 5.41) is 3.96. The Balaban J connectivity index is 1.49. The Morgan fingerprint density at radius 2 is 2.07 bits per heavy atom. The minimum Gasteiger partial charge on any atom is -0.355 e. The number of hydrogen-bond donors (Lipinski definition) is 2. The van der Waals surface area contributed by atoms with E-state index >= 15 is 0 Å². The predicted octanol–water partition coefficient (Wildman–Crippen LogP) is 4.51. The van der Waals surface area contributed by atoms with Crippen molar-refractivity contribution in [3.8, 4) is 11.3 Å². The molecule has 0 saturated carbocycles. The van der Waals surface area contributed by atoms with Crippen molar-refractivity contribution >= 4 is 16.8 Å².